The molecule has 0 radical (unpaired) electrons. The Morgan fingerprint density at radius 1 is 1.50 bits per heavy atom. The van der Waals surface area contributed by atoms with Crippen LogP contribution < -0.4 is 0 Å². The third-order valence-corrected chi connectivity index (χ3v) is 1.74. The maximum Gasteiger partial charge on any atom is 0.158 e. The molecule has 0 aromatic carbocycles. The molecule has 54 valence electrons. The first-order chi connectivity index (χ1) is 4.97. The quantitative estimate of drug-likeness (QED) is 0.547. The summed E-state index contributed by atoms with van der Waals surface area (Å²) in [7, 11) is 0. The first-order valence-corrected chi connectivity index (χ1v) is 3.60. The van der Waals surface area contributed by atoms with Crippen molar-refractivity contribution in [1.82, 2.24) is 0 Å². The van der Waals surface area contributed by atoms with Crippen LogP contribution in [0.3, 0.4) is 0 Å². The smallest absolute Gasteiger partial charge is 0.158 e. The van der Waals surface area contributed by atoms with E-state index in [1.807, 2.05) is 6.08 Å². The molecule has 2 rings (SSSR count). The second-order valence-corrected chi connectivity index (χ2v) is 2.48. The number of hydrogen-bond acceptors (Lipinski definition) is 2. The number of ether oxygens (including phenoxy) is 2. The summed E-state index contributed by atoms with van der Waals surface area (Å²) in [5.41, 5.74) is 0. The van der Waals surface area contributed by atoms with Gasteiger partial charge in [-0.1, -0.05) is 0 Å². The van der Waals surface area contributed by atoms with E-state index in [1.165, 1.54) is 0 Å². The van der Waals surface area contributed by atoms with E-state index in [9.17, 15) is 0 Å². The molecule has 0 aliphatic carbocycles. The maximum absolute atomic E-state index is 5.33. The highest BCUT2D eigenvalue weighted by Gasteiger charge is 2.20. The van der Waals surface area contributed by atoms with Crippen molar-refractivity contribution < 1.29 is 9.47 Å². The van der Waals surface area contributed by atoms with Crippen LogP contribution in [-0.4, -0.2) is 12.7 Å². The van der Waals surface area contributed by atoms with Crippen molar-refractivity contribution in [2.75, 3.05) is 6.61 Å². The van der Waals surface area contributed by atoms with Crippen LogP contribution in [0.2, 0.25) is 0 Å². The summed E-state index contributed by atoms with van der Waals surface area (Å²) in [5, 5.41) is 0. The van der Waals surface area contributed by atoms with E-state index in [2.05, 4.69) is 6.08 Å². The fraction of sp³-hybridized carbons (Fsp3) is 0.500. The standard InChI is InChI=1S/C8H10O2/c1-3-7(9-5-1)8-4-2-6-10-8/h1,4-5,7H,2-3,6H2. The summed E-state index contributed by atoms with van der Waals surface area (Å²) in [6.45, 7) is 0.829. The van der Waals surface area contributed by atoms with E-state index in [1.54, 1.807) is 6.26 Å². The van der Waals surface area contributed by atoms with Crippen LogP contribution in [0.1, 0.15) is 12.8 Å². The highest BCUT2D eigenvalue weighted by atomic mass is 16.5. The van der Waals surface area contributed by atoms with Crippen molar-refractivity contribution in [3.05, 3.63) is 24.2 Å². The Morgan fingerprint density at radius 3 is 3.10 bits per heavy atom. The molecular formula is C8H10O2. The SMILES string of the molecule is C1=COC(C2=CCCO2)C1. The summed E-state index contributed by atoms with van der Waals surface area (Å²) in [5.74, 6) is 1.02. The third-order valence-electron chi connectivity index (χ3n) is 1.74. The van der Waals surface area contributed by atoms with Crippen LogP contribution in [0.4, 0.5) is 0 Å². The number of rotatable bonds is 1. The largest absolute Gasteiger partial charge is 0.494 e. The Hall–Kier alpha value is -0.920. The molecule has 2 heteroatoms. The van der Waals surface area contributed by atoms with Crippen molar-refractivity contribution >= 4 is 0 Å². The predicted molar refractivity (Wildman–Crippen MR) is 37.3 cm³/mol. The summed E-state index contributed by atoms with van der Waals surface area (Å²) in [4.78, 5) is 0. The molecule has 0 fully saturated rings. The van der Waals surface area contributed by atoms with Crippen molar-refractivity contribution in [3.63, 3.8) is 0 Å². The molecule has 0 bridgehead atoms. The molecule has 2 nitrogen and oxygen atoms in total. The fourth-order valence-electron chi connectivity index (χ4n) is 1.23. The van der Waals surface area contributed by atoms with Crippen molar-refractivity contribution in [2.45, 2.75) is 18.9 Å². The minimum Gasteiger partial charge on any atom is -0.494 e. The molecule has 0 aromatic heterocycles. The third kappa shape index (κ3) is 0.897. The lowest BCUT2D eigenvalue weighted by Crippen LogP contribution is -2.08. The van der Waals surface area contributed by atoms with Gasteiger partial charge in [-0.05, 0) is 12.2 Å². The van der Waals surface area contributed by atoms with Gasteiger partial charge in [0, 0.05) is 12.8 Å². The summed E-state index contributed by atoms with van der Waals surface area (Å²) in [6.07, 6.45) is 8.06. The van der Waals surface area contributed by atoms with E-state index < -0.39 is 0 Å². The predicted octanol–water partition coefficient (Wildman–Crippen LogP) is 1.59. The zero-order valence-corrected chi connectivity index (χ0v) is 5.75. The molecule has 0 N–H and O–H groups in total. The Kier molecular flexibility index (Phi) is 1.38. The second kappa shape index (κ2) is 2.37. The fourth-order valence-corrected chi connectivity index (χ4v) is 1.23. The van der Waals surface area contributed by atoms with Crippen molar-refractivity contribution in [1.29, 1.82) is 0 Å². The van der Waals surface area contributed by atoms with E-state index >= 15 is 0 Å². The lowest BCUT2D eigenvalue weighted by molar-refractivity contribution is 0.118. The normalized spacial score (nSPS) is 29.6. The molecule has 10 heavy (non-hydrogen) atoms. The molecule has 1 unspecified atom stereocenters. The molecule has 2 aliphatic rings. The van der Waals surface area contributed by atoms with Gasteiger partial charge in [-0.3, -0.25) is 0 Å². The highest BCUT2D eigenvalue weighted by Crippen LogP contribution is 2.22. The molecule has 0 aromatic rings. The van der Waals surface area contributed by atoms with Crippen LogP contribution in [0.5, 0.6) is 0 Å². The van der Waals surface area contributed by atoms with Gasteiger partial charge in [-0.25, -0.2) is 0 Å². The van der Waals surface area contributed by atoms with E-state index in [4.69, 9.17) is 9.47 Å². The Bertz CT molecular complexity index is 174. The van der Waals surface area contributed by atoms with Gasteiger partial charge < -0.3 is 9.47 Å². The minimum absolute atomic E-state index is 0.183. The Labute approximate surface area is 60.1 Å². The summed E-state index contributed by atoms with van der Waals surface area (Å²) < 4.78 is 10.6. The molecule has 2 heterocycles. The van der Waals surface area contributed by atoms with Gasteiger partial charge in [-0.15, -0.1) is 0 Å². The molecule has 2 aliphatic heterocycles. The molecule has 0 saturated carbocycles. The molecule has 0 spiro atoms. The first-order valence-electron chi connectivity index (χ1n) is 3.60. The molecular weight excluding hydrogens is 128 g/mol. The maximum atomic E-state index is 5.33. The monoisotopic (exact) mass is 138 g/mol. The average Bonchev–Trinajstić information content (AvgIpc) is 2.59. The minimum atomic E-state index is 0.183. The summed E-state index contributed by atoms with van der Waals surface area (Å²) >= 11 is 0. The zero-order chi connectivity index (χ0) is 6.81. The topological polar surface area (TPSA) is 18.5 Å². The van der Waals surface area contributed by atoms with Gasteiger partial charge in [0.15, 0.2) is 6.10 Å². The molecule has 1 atom stereocenters. The lowest BCUT2D eigenvalue weighted by Gasteiger charge is -2.10. The molecule has 0 saturated heterocycles. The Morgan fingerprint density at radius 2 is 2.50 bits per heavy atom. The van der Waals surface area contributed by atoms with Gasteiger partial charge in [0.05, 0.1) is 12.9 Å². The van der Waals surface area contributed by atoms with Crippen LogP contribution >= 0.6 is 0 Å². The van der Waals surface area contributed by atoms with E-state index in [-0.39, 0.29) is 6.10 Å². The second-order valence-electron chi connectivity index (χ2n) is 2.48. The van der Waals surface area contributed by atoms with Crippen molar-refractivity contribution in [2.24, 2.45) is 0 Å². The lowest BCUT2D eigenvalue weighted by atomic mass is 10.2. The Balaban J connectivity index is 1.99. The zero-order valence-electron chi connectivity index (χ0n) is 5.75. The average molecular weight is 138 g/mol. The number of hydrogen-bond donors (Lipinski definition) is 0. The van der Waals surface area contributed by atoms with Gasteiger partial charge in [-0.2, -0.15) is 0 Å². The molecule has 0 amide bonds. The first kappa shape index (κ1) is 5.83. The van der Waals surface area contributed by atoms with Gasteiger partial charge in [0.1, 0.15) is 5.76 Å². The van der Waals surface area contributed by atoms with Crippen LogP contribution in [-0.2, 0) is 9.47 Å². The van der Waals surface area contributed by atoms with Crippen molar-refractivity contribution in [3.8, 4) is 0 Å². The van der Waals surface area contributed by atoms with Gasteiger partial charge in [0.2, 0.25) is 0 Å². The van der Waals surface area contributed by atoms with Crippen LogP contribution in [0, 0.1) is 0 Å². The summed E-state index contributed by atoms with van der Waals surface area (Å²) in [6, 6.07) is 0. The van der Waals surface area contributed by atoms with E-state index in [0.29, 0.717) is 0 Å². The van der Waals surface area contributed by atoms with Gasteiger partial charge in [0.25, 0.3) is 0 Å². The van der Waals surface area contributed by atoms with Gasteiger partial charge >= 0.3 is 0 Å². The van der Waals surface area contributed by atoms with Crippen LogP contribution in [0.25, 0.3) is 0 Å². The van der Waals surface area contributed by atoms with Crippen LogP contribution in [0.15, 0.2) is 24.2 Å². The van der Waals surface area contributed by atoms with E-state index in [0.717, 1.165) is 25.2 Å². The highest BCUT2D eigenvalue weighted by molar-refractivity contribution is 5.09.